The zero-order chi connectivity index (χ0) is 13.9. The van der Waals surface area contributed by atoms with Crippen LogP contribution < -0.4 is 10.6 Å². The van der Waals surface area contributed by atoms with Crippen LogP contribution in [0.15, 0.2) is 0 Å². The van der Waals surface area contributed by atoms with Crippen LogP contribution in [0.2, 0.25) is 0 Å². The SMILES string of the molecule is CC1CCN(CCNC(=O)C2NCC3CCCC32)CC1. The van der Waals surface area contributed by atoms with E-state index in [9.17, 15) is 4.79 Å². The van der Waals surface area contributed by atoms with Crippen LogP contribution >= 0.6 is 0 Å². The quantitative estimate of drug-likeness (QED) is 0.813. The molecule has 0 aromatic heterocycles. The van der Waals surface area contributed by atoms with Crippen molar-refractivity contribution in [3.8, 4) is 0 Å². The van der Waals surface area contributed by atoms with Gasteiger partial charge in [-0.25, -0.2) is 0 Å². The maximum absolute atomic E-state index is 12.3. The maximum Gasteiger partial charge on any atom is 0.237 e. The van der Waals surface area contributed by atoms with E-state index in [0.717, 1.165) is 31.5 Å². The molecule has 0 spiro atoms. The second-order valence-corrected chi connectivity index (χ2v) is 7.06. The van der Waals surface area contributed by atoms with Gasteiger partial charge in [-0.2, -0.15) is 0 Å². The number of likely N-dealkylation sites (tertiary alicyclic amines) is 1. The number of carbonyl (C=O) groups is 1. The fraction of sp³-hybridized carbons (Fsp3) is 0.938. The smallest absolute Gasteiger partial charge is 0.237 e. The molecule has 1 aliphatic carbocycles. The largest absolute Gasteiger partial charge is 0.353 e. The Bertz CT molecular complexity index is 339. The summed E-state index contributed by atoms with van der Waals surface area (Å²) in [6, 6.07) is 0.0869. The maximum atomic E-state index is 12.3. The van der Waals surface area contributed by atoms with Gasteiger partial charge in [-0.1, -0.05) is 13.3 Å². The lowest BCUT2D eigenvalue weighted by molar-refractivity contribution is -0.123. The highest BCUT2D eigenvalue weighted by Crippen LogP contribution is 2.37. The molecular formula is C16H29N3O. The van der Waals surface area contributed by atoms with Gasteiger partial charge in [-0.15, -0.1) is 0 Å². The molecule has 20 heavy (non-hydrogen) atoms. The Morgan fingerprint density at radius 2 is 2.05 bits per heavy atom. The van der Waals surface area contributed by atoms with Crippen LogP contribution in [-0.4, -0.2) is 49.6 Å². The molecule has 1 amide bonds. The van der Waals surface area contributed by atoms with Crippen molar-refractivity contribution in [1.82, 2.24) is 15.5 Å². The number of amides is 1. The van der Waals surface area contributed by atoms with Crippen molar-refractivity contribution in [2.24, 2.45) is 17.8 Å². The fourth-order valence-corrected chi connectivity index (χ4v) is 4.21. The van der Waals surface area contributed by atoms with Gasteiger partial charge in [-0.3, -0.25) is 4.79 Å². The highest BCUT2D eigenvalue weighted by Gasteiger charge is 2.42. The number of rotatable bonds is 4. The lowest BCUT2D eigenvalue weighted by Crippen LogP contribution is -2.46. The number of nitrogens with one attached hydrogen (secondary N) is 2. The molecule has 0 aromatic carbocycles. The molecule has 2 N–H and O–H groups in total. The van der Waals surface area contributed by atoms with Crippen LogP contribution in [0.1, 0.15) is 39.0 Å². The molecule has 4 nitrogen and oxygen atoms in total. The Morgan fingerprint density at radius 1 is 1.25 bits per heavy atom. The topological polar surface area (TPSA) is 44.4 Å². The van der Waals surface area contributed by atoms with Crippen LogP contribution in [0, 0.1) is 17.8 Å². The van der Waals surface area contributed by atoms with E-state index in [1.54, 1.807) is 0 Å². The first kappa shape index (κ1) is 14.3. The van der Waals surface area contributed by atoms with Crippen molar-refractivity contribution in [2.45, 2.75) is 45.1 Å². The van der Waals surface area contributed by atoms with Crippen LogP contribution in [0.5, 0.6) is 0 Å². The Balaban J connectivity index is 1.37. The number of hydrogen-bond donors (Lipinski definition) is 2. The minimum atomic E-state index is 0.0869. The van der Waals surface area contributed by atoms with E-state index in [0.29, 0.717) is 5.92 Å². The molecule has 3 atom stereocenters. The van der Waals surface area contributed by atoms with Gasteiger partial charge in [0.1, 0.15) is 0 Å². The fourth-order valence-electron chi connectivity index (χ4n) is 4.21. The molecule has 0 radical (unpaired) electrons. The second-order valence-electron chi connectivity index (χ2n) is 7.06. The van der Waals surface area contributed by atoms with Gasteiger partial charge >= 0.3 is 0 Å². The van der Waals surface area contributed by atoms with Crippen molar-refractivity contribution in [1.29, 1.82) is 0 Å². The average Bonchev–Trinajstić information content (AvgIpc) is 3.03. The average molecular weight is 279 g/mol. The lowest BCUT2D eigenvalue weighted by Gasteiger charge is -2.30. The number of carbonyl (C=O) groups excluding carboxylic acids is 1. The van der Waals surface area contributed by atoms with Crippen LogP contribution in [0.3, 0.4) is 0 Å². The van der Waals surface area contributed by atoms with Crippen molar-refractivity contribution >= 4 is 5.91 Å². The number of nitrogens with zero attached hydrogens (tertiary/aromatic N) is 1. The standard InChI is InChI=1S/C16H29N3O/c1-12-5-8-19(9-6-12)10-7-17-16(20)15-14-4-2-3-13(14)11-18-15/h12-15,18H,2-11H2,1H3,(H,17,20). The van der Waals surface area contributed by atoms with E-state index in [-0.39, 0.29) is 11.9 Å². The summed E-state index contributed by atoms with van der Waals surface area (Å²) in [5.74, 6) is 2.48. The van der Waals surface area contributed by atoms with Crippen LogP contribution in [0.25, 0.3) is 0 Å². The summed E-state index contributed by atoms with van der Waals surface area (Å²) in [6.07, 6.45) is 6.48. The third-order valence-electron chi connectivity index (χ3n) is 5.63. The molecule has 3 unspecified atom stereocenters. The molecule has 3 aliphatic rings. The first-order valence-corrected chi connectivity index (χ1v) is 8.47. The summed E-state index contributed by atoms with van der Waals surface area (Å²) in [4.78, 5) is 14.8. The van der Waals surface area contributed by atoms with E-state index in [2.05, 4.69) is 22.5 Å². The third-order valence-corrected chi connectivity index (χ3v) is 5.63. The minimum absolute atomic E-state index is 0.0869. The second kappa shape index (κ2) is 6.44. The van der Waals surface area contributed by atoms with Crippen molar-refractivity contribution in [3.05, 3.63) is 0 Å². The molecule has 0 bridgehead atoms. The first-order valence-electron chi connectivity index (χ1n) is 8.47. The Kier molecular flexibility index (Phi) is 4.61. The first-order chi connectivity index (χ1) is 9.74. The van der Waals surface area contributed by atoms with Crippen LogP contribution in [0.4, 0.5) is 0 Å². The van der Waals surface area contributed by atoms with Gasteiger partial charge in [-0.05, 0) is 63.1 Å². The molecule has 4 heteroatoms. The minimum Gasteiger partial charge on any atom is -0.353 e. The molecule has 0 aromatic rings. The molecule has 3 fully saturated rings. The van der Waals surface area contributed by atoms with E-state index in [1.807, 2.05) is 0 Å². The van der Waals surface area contributed by atoms with Gasteiger partial charge in [0.05, 0.1) is 6.04 Å². The lowest BCUT2D eigenvalue weighted by atomic mass is 9.93. The predicted octanol–water partition coefficient (Wildman–Crippen LogP) is 1.22. The van der Waals surface area contributed by atoms with Gasteiger partial charge in [0.2, 0.25) is 5.91 Å². The van der Waals surface area contributed by atoms with Gasteiger partial charge in [0, 0.05) is 13.1 Å². The number of piperidine rings is 1. The summed E-state index contributed by atoms with van der Waals surface area (Å²) in [5, 5.41) is 6.58. The number of fused-ring (bicyclic) bond motifs is 1. The predicted molar refractivity (Wildman–Crippen MR) is 80.5 cm³/mol. The monoisotopic (exact) mass is 279 g/mol. The van der Waals surface area contributed by atoms with E-state index in [1.165, 1.54) is 45.2 Å². The van der Waals surface area contributed by atoms with Gasteiger partial charge in [0.25, 0.3) is 0 Å². The van der Waals surface area contributed by atoms with E-state index in [4.69, 9.17) is 0 Å². The molecule has 1 saturated carbocycles. The van der Waals surface area contributed by atoms with Crippen molar-refractivity contribution in [2.75, 3.05) is 32.7 Å². The van der Waals surface area contributed by atoms with Crippen LogP contribution in [-0.2, 0) is 4.79 Å². The highest BCUT2D eigenvalue weighted by atomic mass is 16.2. The molecule has 2 heterocycles. The summed E-state index contributed by atoms with van der Waals surface area (Å²) in [5.41, 5.74) is 0. The molecule has 2 saturated heterocycles. The molecule has 3 rings (SSSR count). The van der Waals surface area contributed by atoms with E-state index < -0.39 is 0 Å². The molecule has 2 aliphatic heterocycles. The third kappa shape index (κ3) is 3.17. The zero-order valence-electron chi connectivity index (χ0n) is 12.7. The Labute approximate surface area is 122 Å². The zero-order valence-corrected chi connectivity index (χ0v) is 12.7. The summed E-state index contributed by atoms with van der Waals surface area (Å²) >= 11 is 0. The Morgan fingerprint density at radius 3 is 2.85 bits per heavy atom. The number of hydrogen-bond acceptors (Lipinski definition) is 3. The Hall–Kier alpha value is -0.610. The molecule has 114 valence electrons. The molecular weight excluding hydrogens is 250 g/mol. The van der Waals surface area contributed by atoms with Gasteiger partial charge in [0.15, 0.2) is 0 Å². The summed E-state index contributed by atoms with van der Waals surface area (Å²) in [6.45, 7) is 7.60. The summed E-state index contributed by atoms with van der Waals surface area (Å²) in [7, 11) is 0. The van der Waals surface area contributed by atoms with Gasteiger partial charge < -0.3 is 15.5 Å². The van der Waals surface area contributed by atoms with Crippen molar-refractivity contribution in [3.63, 3.8) is 0 Å². The summed E-state index contributed by atoms with van der Waals surface area (Å²) < 4.78 is 0. The van der Waals surface area contributed by atoms with Crippen molar-refractivity contribution < 1.29 is 4.79 Å². The van der Waals surface area contributed by atoms with E-state index >= 15 is 0 Å². The highest BCUT2D eigenvalue weighted by molar-refractivity contribution is 5.82. The normalized spacial score (nSPS) is 35.1.